The average molecular weight is 181 g/mol. The molecular formula is C12H23N. The van der Waals surface area contributed by atoms with E-state index >= 15 is 0 Å². The predicted octanol–water partition coefficient (Wildman–Crippen LogP) is 2.91. The fourth-order valence-corrected chi connectivity index (χ4v) is 2.97. The minimum Gasteiger partial charge on any atom is -0.299 e. The predicted molar refractivity (Wildman–Crippen MR) is 56.8 cm³/mol. The number of rotatable bonds is 1. The fourth-order valence-electron chi connectivity index (χ4n) is 2.97. The molecule has 1 heteroatoms. The molecule has 1 aliphatic heterocycles. The maximum atomic E-state index is 2.71. The molecule has 2 aliphatic rings. The van der Waals surface area contributed by atoms with Crippen molar-refractivity contribution >= 4 is 0 Å². The van der Waals surface area contributed by atoms with Crippen molar-refractivity contribution in [1.29, 1.82) is 0 Å². The zero-order valence-electron chi connectivity index (χ0n) is 9.34. The van der Waals surface area contributed by atoms with Gasteiger partial charge in [-0.2, -0.15) is 0 Å². The van der Waals surface area contributed by atoms with Crippen LogP contribution in [0.5, 0.6) is 0 Å². The molecule has 13 heavy (non-hydrogen) atoms. The summed E-state index contributed by atoms with van der Waals surface area (Å²) in [6.07, 6.45) is 5.94. The summed E-state index contributed by atoms with van der Waals surface area (Å²) in [6.45, 7) is 9.74. The lowest BCUT2D eigenvalue weighted by atomic mass is 9.75. The van der Waals surface area contributed by atoms with E-state index in [0.717, 1.165) is 12.0 Å². The van der Waals surface area contributed by atoms with Gasteiger partial charge in [0.2, 0.25) is 0 Å². The maximum Gasteiger partial charge on any atom is 0.0136 e. The average Bonchev–Trinajstić information content (AvgIpc) is 1.99. The summed E-state index contributed by atoms with van der Waals surface area (Å²) in [5.74, 6) is 1.07. The van der Waals surface area contributed by atoms with Crippen LogP contribution in [0.2, 0.25) is 0 Å². The van der Waals surface area contributed by atoms with Crippen LogP contribution in [0.4, 0.5) is 0 Å². The molecule has 0 radical (unpaired) electrons. The third-order valence-electron chi connectivity index (χ3n) is 3.48. The largest absolute Gasteiger partial charge is 0.299 e. The highest BCUT2D eigenvalue weighted by Crippen LogP contribution is 2.38. The summed E-state index contributed by atoms with van der Waals surface area (Å²) in [4.78, 5) is 2.71. The Morgan fingerprint density at radius 1 is 1.15 bits per heavy atom. The van der Waals surface area contributed by atoms with E-state index in [1.807, 2.05) is 0 Å². The first-order valence-electron chi connectivity index (χ1n) is 5.80. The quantitative estimate of drug-likeness (QED) is 0.601. The second-order valence-corrected chi connectivity index (χ2v) is 6.10. The highest BCUT2D eigenvalue weighted by molar-refractivity contribution is 4.95. The van der Waals surface area contributed by atoms with Crippen LogP contribution in [-0.2, 0) is 0 Å². The summed E-state index contributed by atoms with van der Waals surface area (Å²) in [5.41, 5.74) is 0.489. The van der Waals surface area contributed by atoms with Crippen LogP contribution in [0, 0.1) is 11.3 Å². The van der Waals surface area contributed by atoms with Crippen molar-refractivity contribution in [2.24, 2.45) is 11.3 Å². The SMILES string of the molecule is CC(C)(C)CN1CC2CCCCC21. The Balaban J connectivity index is 1.84. The molecule has 2 unspecified atom stereocenters. The molecule has 0 amide bonds. The Kier molecular flexibility index (Phi) is 2.39. The van der Waals surface area contributed by atoms with E-state index in [-0.39, 0.29) is 0 Å². The smallest absolute Gasteiger partial charge is 0.0136 e. The molecular weight excluding hydrogens is 158 g/mol. The lowest BCUT2D eigenvalue weighted by Crippen LogP contribution is -2.59. The minimum atomic E-state index is 0.489. The van der Waals surface area contributed by atoms with Gasteiger partial charge in [-0.1, -0.05) is 33.6 Å². The Morgan fingerprint density at radius 2 is 1.85 bits per heavy atom. The molecule has 0 N–H and O–H groups in total. The molecule has 1 saturated heterocycles. The van der Waals surface area contributed by atoms with Crippen LogP contribution >= 0.6 is 0 Å². The van der Waals surface area contributed by atoms with Crippen LogP contribution < -0.4 is 0 Å². The molecule has 1 nitrogen and oxygen atoms in total. The van der Waals surface area contributed by atoms with Crippen molar-refractivity contribution in [2.75, 3.05) is 13.1 Å². The molecule has 0 aromatic rings. The third kappa shape index (κ3) is 2.07. The zero-order valence-corrected chi connectivity index (χ0v) is 9.34. The molecule has 0 spiro atoms. The van der Waals surface area contributed by atoms with Gasteiger partial charge < -0.3 is 0 Å². The molecule has 76 valence electrons. The summed E-state index contributed by atoms with van der Waals surface area (Å²) in [6, 6.07) is 0.966. The summed E-state index contributed by atoms with van der Waals surface area (Å²) < 4.78 is 0. The first-order chi connectivity index (χ1) is 6.06. The van der Waals surface area contributed by atoms with Crippen LogP contribution in [0.1, 0.15) is 46.5 Å². The standard InChI is InChI=1S/C12H23N/c1-12(2,3)9-13-8-10-6-4-5-7-11(10)13/h10-11H,4-9H2,1-3H3. The van der Waals surface area contributed by atoms with E-state index in [9.17, 15) is 0 Å². The van der Waals surface area contributed by atoms with Crippen molar-refractivity contribution in [2.45, 2.75) is 52.5 Å². The minimum absolute atomic E-state index is 0.489. The van der Waals surface area contributed by atoms with E-state index in [1.165, 1.54) is 38.8 Å². The fraction of sp³-hybridized carbons (Fsp3) is 1.00. The molecule has 2 rings (SSSR count). The molecule has 2 atom stereocenters. The van der Waals surface area contributed by atoms with Gasteiger partial charge in [-0.3, -0.25) is 4.90 Å². The van der Waals surface area contributed by atoms with Crippen molar-refractivity contribution in [3.63, 3.8) is 0 Å². The number of likely N-dealkylation sites (tertiary alicyclic amines) is 1. The molecule has 1 aliphatic carbocycles. The van der Waals surface area contributed by atoms with Crippen molar-refractivity contribution in [3.05, 3.63) is 0 Å². The zero-order chi connectivity index (χ0) is 9.47. The number of nitrogens with zero attached hydrogens (tertiary/aromatic N) is 1. The lowest BCUT2D eigenvalue weighted by molar-refractivity contribution is -0.0343. The topological polar surface area (TPSA) is 3.24 Å². The first-order valence-corrected chi connectivity index (χ1v) is 5.80. The normalized spacial score (nSPS) is 35.3. The van der Waals surface area contributed by atoms with Gasteiger partial charge in [-0.05, 0) is 24.2 Å². The van der Waals surface area contributed by atoms with Gasteiger partial charge in [-0.25, -0.2) is 0 Å². The Hall–Kier alpha value is -0.0400. The molecule has 2 fully saturated rings. The van der Waals surface area contributed by atoms with Gasteiger partial charge in [0, 0.05) is 19.1 Å². The van der Waals surface area contributed by atoms with Crippen LogP contribution in [-0.4, -0.2) is 24.0 Å². The van der Waals surface area contributed by atoms with E-state index < -0.39 is 0 Å². The lowest BCUT2D eigenvalue weighted by Gasteiger charge is -2.53. The van der Waals surface area contributed by atoms with Gasteiger partial charge in [0.1, 0.15) is 0 Å². The summed E-state index contributed by atoms with van der Waals surface area (Å²) >= 11 is 0. The van der Waals surface area contributed by atoms with Gasteiger partial charge in [0.05, 0.1) is 0 Å². The van der Waals surface area contributed by atoms with Gasteiger partial charge in [0.25, 0.3) is 0 Å². The Bertz CT molecular complexity index is 180. The maximum absolute atomic E-state index is 2.71. The van der Waals surface area contributed by atoms with Gasteiger partial charge in [-0.15, -0.1) is 0 Å². The number of hydrogen-bond donors (Lipinski definition) is 0. The monoisotopic (exact) mass is 181 g/mol. The highest BCUT2D eigenvalue weighted by Gasteiger charge is 2.40. The third-order valence-corrected chi connectivity index (χ3v) is 3.48. The number of hydrogen-bond acceptors (Lipinski definition) is 1. The first kappa shape index (κ1) is 9.51. The Labute approximate surface area is 82.5 Å². The molecule has 1 saturated carbocycles. The summed E-state index contributed by atoms with van der Waals surface area (Å²) in [5, 5.41) is 0. The van der Waals surface area contributed by atoms with Gasteiger partial charge in [0.15, 0.2) is 0 Å². The molecule has 1 heterocycles. The van der Waals surface area contributed by atoms with Crippen LogP contribution in [0.15, 0.2) is 0 Å². The van der Waals surface area contributed by atoms with E-state index in [0.29, 0.717) is 5.41 Å². The van der Waals surface area contributed by atoms with Crippen molar-refractivity contribution < 1.29 is 0 Å². The van der Waals surface area contributed by atoms with Crippen molar-refractivity contribution in [1.82, 2.24) is 4.90 Å². The van der Waals surface area contributed by atoms with Gasteiger partial charge >= 0.3 is 0 Å². The van der Waals surface area contributed by atoms with Crippen LogP contribution in [0.25, 0.3) is 0 Å². The second-order valence-electron chi connectivity index (χ2n) is 6.10. The van der Waals surface area contributed by atoms with Crippen molar-refractivity contribution in [3.8, 4) is 0 Å². The molecule has 0 aromatic heterocycles. The molecule has 0 bridgehead atoms. The second kappa shape index (κ2) is 3.27. The number of fused-ring (bicyclic) bond motifs is 1. The van der Waals surface area contributed by atoms with E-state index in [2.05, 4.69) is 25.7 Å². The highest BCUT2D eigenvalue weighted by atomic mass is 15.2. The summed E-state index contributed by atoms with van der Waals surface area (Å²) in [7, 11) is 0. The Morgan fingerprint density at radius 3 is 2.46 bits per heavy atom. The van der Waals surface area contributed by atoms with E-state index in [1.54, 1.807) is 0 Å². The van der Waals surface area contributed by atoms with Crippen LogP contribution in [0.3, 0.4) is 0 Å². The molecule has 0 aromatic carbocycles. The van der Waals surface area contributed by atoms with E-state index in [4.69, 9.17) is 0 Å².